The summed E-state index contributed by atoms with van der Waals surface area (Å²) in [5, 5.41) is 3.10. The number of nitrogens with zero attached hydrogens (tertiary/aromatic N) is 2. The van der Waals surface area contributed by atoms with Gasteiger partial charge in [0.05, 0.1) is 0 Å². The van der Waals surface area contributed by atoms with Crippen LogP contribution in [0.25, 0.3) is 0 Å². The second-order valence-electron chi connectivity index (χ2n) is 8.16. The van der Waals surface area contributed by atoms with E-state index in [4.69, 9.17) is 0 Å². The molecule has 0 bridgehead atoms. The molecule has 0 radical (unpaired) electrons. The van der Waals surface area contributed by atoms with Gasteiger partial charge in [-0.1, -0.05) is 19.1 Å². The second kappa shape index (κ2) is 8.22. The predicted octanol–water partition coefficient (Wildman–Crippen LogP) is 4.28. The van der Waals surface area contributed by atoms with Crippen molar-refractivity contribution in [1.82, 2.24) is 9.80 Å². The molecule has 0 saturated carbocycles. The van der Waals surface area contributed by atoms with Crippen LogP contribution in [-0.2, 0) is 0 Å². The van der Waals surface area contributed by atoms with Gasteiger partial charge in [0.15, 0.2) is 0 Å². The van der Waals surface area contributed by atoms with E-state index in [0.717, 1.165) is 49.0 Å². The first kappa shape index (κ1) is 18.2. The third-order valence-corrected chi connectivity index (χ3v) is 5.93. The first-order valence-electron chi connectivity index (χ1n) is 9.87. The van der Waals surface area contributed by atoms with Crippen LogP contribution in [0.15, 0.2) is 18.2 Å². The van der Waals surface area contributed by atoms with Crippen molar-refractivity contribution in [2.24, 2.45) is 11.8 Å². The van der Waals surface area contributed by atoms with Crippen molar-refractivity contribution in [1.29, 1.82) is 0 Å². The summed E-state index contributed by atoms with van der Waals surface area (Å²) in [6.45, 7) is 12.0. The van der Waals surface area contributed by atoms with Crippen molar-refractivity contribution in [3.63, 3.8) is 0 Å². The van der Waals surface area contributed by atoms with Crippen LogP contribution in [-0.4, -0.2) is 48.6 Å². The standard InChI is InChI=1S/C21H33N3O/c1-16-6-10-23(11-7-16)15-19-8-12-24(13-9-19)21(25)22-20-14-17(2)4-5-18(20)3/h4-5,14,16,19H,6-13,15H2,1-3H3,(H,22,25). The van der Waals surface area contributed by atoms with Crippen LogP contribution < -0.4 is 5.32 Å². The number of piperidine rings is 2. The molecule has 25 heavy (non-hydrogen) atoms. The summed E-state index contributed by atoms with van der Waals surface area (Å²) in [6.07, 6.45) is 4.95. The van der Waals surface area contributed by atoms with Crippen molar-refractivity contribution < 1.29 is 4.79 Å². The first-order valence-corrected chi connectivity index (χ1v) is 9.87. The van der Waals surface area contributed by atoms with Gasteiger partial charge in [-0.05, 0) is 81.6 Å². The van der Waals surface area contributed by atoms with E-state index >= 15 is 0 Å². The van der Waals surface area contributed by atoms with Gasteiger partial charge in [-0.3, -0.25) is 0 Å². The van der Waals surface area contributed by atoms with Crippen LogP contribution in [0.5, 0.6) is 0 Å². The zero-order valence-corrected chi connectivity index (χ0v) is 16.1. The van der Waals surface area contributed by atoms with Gasteiger partial charge in [0.25, 0.3) is 0 Å². The molecule has 0 atom stereocenters. The van der Waals surface area contributed by atoms with Gasteiger partial charge >= 0.3 is 6.03 Å². The fraction of sp³-hybridized carbons (Fsp3) is 0.667. The quantitative estimate of drug-likeness (QED) is 0.889. The molecular weight excluding hydrogens is 310 g/mol. The Labute approximate surface area is 152 Å². The van der Waals surface area contributed by atoms with E-state index in [1.165, 1.54) is 38.0 Å². The molecular formula is C21H33N3O. The molecule has 2 fully saturated rings. The number of carbonyl (C=O) groups is 1. The van der Waals surface area contributed by atoms with Gasteiger partial charge in [0.2, 0.25) is 0 Å². The number of nitrogens with one attached hydrogen (secondary N) is 1. The van der Waals surface area contributed by atoms with Gasteiger partial charge in [-0.25, -0.2) is 4.79 Å². The zero-order valence-electron chi connectivity index (χ0n) is 16.1. The van der Waals surface area contributed by atoms with Crippen molar-refractivity contribution in [3.05, 3.63) is 29.3 Å². The summed E-state index contributed by atoms with van der Waals surface area (Å²) in [7, 11) is 0. The minimum atomic E-state index is 0.0546. The first-order chi connectivity index (χ1) is 12.0. The molecule has 0 aliphatic carbocycles. The van der Waals surface area contributed by atoms with Crippen molar-refractivity contribution in [3.8, 4) is 0 Å². The minimum absolute atomic E-state index is 0.0546. The number of hydrogen-bond donors (Lipinski definition) is 1. The normalized spacial score (nSPS) is 20.7. The van der Waals surface area contributed by atoms with Gasteiger partial charge in [0.1, 0.15) is 0 Å². The highest BCUT2D eigenvalue weighted by atomic mass is 16.2. The van der Waals surface area contributed by atoms with E-state index in [1.807, 2.05) is 11.8 Å². The Morgan fingerprint density at radius 2 is 1.76 bits per heavy atom. The number of aryl methyl sites for hydroxylation is 2. The molecule has 0 aromatic heterocycles. The molecule has 4 heteroatoms. The fourth-order valence-electron chi connectivity index (χ4n) is 3.99. The molecule has 1 N–H and O–H groups in total. The molecule has 1 aromatic carbocycles. The molecule has 0 spiro atoms. The molecule has 2 saturated heterocycles. The number of amides is 2. The Bertz CT molecular complexity index is 585. The molecule has 0 unspecified atom stereocenters. The van der Waals surface area contributed by atoms with Crippen molar-refractivity contribution >= 4 is 11.7 Å². The average molecular weight is 344 g/mol. The van der Waals surface area contributed by atoms with Gasteiger partial charge in [-0.15, -0.1) is 0 Å². The van der Waals surface area contributed by atoms with Crippen LogP contribution in [0, 0.1) is 25.7 Å². The van der Waals surface area contributed by atoms with Crippen LogP contribution in [0.3, 0.4) is 0 Å². The number of hydrogen-bond acceptors (Lipinski definition) is 2. The molecule has 2 aliphatic rings. The summed E-state index contributed by atoms with van der Waals surface area (Å²) in [5.41, 5.74) is 3.23. The lowest BCUT2D eigenvalue weighted by molar-refractivity contribution is 0.130. The molecule has 1 aromatic rings. The lowest BCUT2D eigenvalue weighted by Gasteiger charge is -2.37. The predicted molar refractivity (Wildman–Crippen MR) is 104 cm³/mol. The number of benzene rings is 1. The van der Waals surface area contributed by atoms with Crippen LogP contribution in [0.4, 0.5) is 10.5 Å². The van der Waals surface area contributed by atoms with Crippen LogP contribution in [0.1, 0.15) is 43.7 Å². The number of urea groups is 1. The highest BCUT2D eigenvalue weighted by Gasteiger charge is 2.25. The Kier molecular flexibility index (Phi) is 6.00. The molecule has 3 rings (SSSR count). The van der Waals surface area contributed by atoms with E-state index in [1.54, 1.807) is 0 Å². The summed E-state index contributed by atoms with van der Waals surface area (Å²) >= 11 is 0. The maximum absolute atomic E-state index is 12.6. The Morgan fingerprint density at radius 1 is 1.08 bits per heavy atom. The van der Waals surface area contributed by atoms with E-state index in [2.05, 4.69) is 42.3 Å². The fourth-order valence-corrected chi connectivity index (χ4v) is 3.99. The highest BCUT2D eigenvalue weighted by Crippen LogP contribution is 2.23. The van der Waals surface area contributed by atoms with E-state index in [0.29, 0.717) is 0 Å². The Morgan fingerprint density at radius 3 is 2.44 bits per heavy atom. The number of rotatable bonds is 3. The largest absolute Gasteiger partial charge is 0.325 e. The molecule has 2 amide bonds. The van der Waals surface area contributed by atoms with Crippen molar-refractivity contribution in [2.45, 2.75) is 46.5 Å². The highest BCUT2D eigenvalue weighted by molar-refractivity contribution is 5.90. The summed E-state index contributed by atoms with van der Waals surface area (Å²) < 4.78 is 0. The van der Waals surface area contributed by atoms with E-state index in [9.17, 15) is 4.79 Å². The SMILES string of the molecule is Cc1ccc(C)c(NC(=O)N2CCC(CN3CCC(C)CC3)CC2)c1. The minimum Gasteiger partial charge on any atom is -0.325 e. The third-order valence-electron chi connectivity index (χ3n) is 5.93. The topological polar surface area (TPSA) is 35.6 Å². The maximum atomic E-state index is 12.6. The smallest absolute Gasteiger partial charge is 0.321 e. The Balaban J connectivity index is 1.45. The summed E-state index contributed by atoms with van der Waals surface area (Å²) in [6, 6.07) is 6.25. The van der Waals surface area contributed by atoms with Crippen molar-refractivity contribution in [2.75, 3.05) is 38.0 Å². The lowest BCUT2D eigenvalue weighted by atomic mass is 9.93. The van der Waals surface area contributed by atoms with E-state index < -0.39 is 0 Å². The Hall–Kier alpha value is -1.55. The molecule has 2 heterocycles. The second-order valence-corrected chi connectivity index (χ2v) is 8.16. The maximum Gasteiger partial charge on any atom is 0.321 e. The summed E-state index contributed by atoms with van der Waals surface area (Å²) in [4.78, 5) is 17.2. The average Bonchev–Trinajstić information content (AvgIpc) is 2.61. The third kappa shape index (κ3) is 4.97. The number of carbonyl (C=O) groups excluding carboxylic acids is 1. The van der Waals surface area contributed by atoms with E-state index in [-0.39, 0.29) is 6.03 Å². The van der Waals surface area contributed by atoms with Gasteiger partial charge in [0, 0.05) is 25.3 Å². The molecule has 138 valence electrons. The summed E-state index contributed by atoms with van der Waals surface area (Å²) in [5.74, 6) is 1.64. The van der Waals surface area contributed by atoms with Gasteiger partial charge in [-0.2, -0.15) is 0 Å². The molecule has 2 aliphatic heterocycles. The molecule has 4 nitrogen and oxygen atoms in total. The zero-order chi connectivity index (χ0) is 17.8. The lowest BCUT2D eigenvalue weighted by Crippen LogP contribution is -2.44. The monoisotopic (exact) mass is 343 g/mol. The number of likely N-dealkylation sites (tertiary alicyclic amines) is 2. The van der Waals surface area contributed by atoms with Crippen LogP contribution in [0.2, 0.25) is 0 Å². The van der Waals surface area contributed by atoms with Gasteiger partial charge < -0.3 is 15.1 Å². The number of anilines is 1. The van der Waals surface area contributed by atoms with Crippen LogP contribution >= 0.6 is 0 Å².